The van der Waals surface area contributed by atoms with E-state index in [1.807, 2.05) is 19.1 Å². The number of hydrogen-bond acceptors (Lipinski definition) is 3. The third-order valence-corrected chi connectivity index (χ3v) is 3.10. The van der Waals surface area contributed by atoms with Crippen molar-refractivity contribution >= 4 is 11.6 Å². The van der Waals surface area contributed by atoms with Gasteiger partial charge in [-0.3, -0.25) is 4.90 Å². The number of aromatic nitrogens is 1. The lowest BCUT2D eigenvalue weighted by Gasteiger charge is -2.18. The summed E-state index contributed by atoms with van der Waals surface area (Å²) in [6.45, 7) is 4.26. The number of hydrogen-bond donors (Lipinski definition) is 1. The largest absolute Gasteiger partial charge is 0.389 e. The fourth-order valence-electron chi connectivity index (χ4n) is 1.95. The van der Waals surface area contributed by atoms with Crippen molar-refractivity contribution in [3.05, 3.63) is 29.0 Å². The zero-order valence-electron chi connectivity index (χ0n) is 8.78. The average Bonchev–Trinajstić information content (AvgIpc) is 2.50. The Labute approximate surface area is 94.7 Å². The van der Waals surface area contributed by atoms with E-state index in [1.165, 1.54) is 0 Å². The molecule has 4 heteroatoms. The van der Waals surface area contributed by atoms with Crippen LogP contribution in [0.5, 0.6) is 0 Å². The lowest BCUT2D eigenvalue weighted by molar-refractivity contribution is 0.0679. The summed E-state index contributed by atoms with van der Waals surface area (Å²) >= 11 is 5.97. The van der Waals surface area contributed by atoms with Crippen LogP contribution in [-0.4, -0.2) is 33.7 Å². The van der Waals surface area contributed by atoms with E-state index in [0.29, 0.717) is 11.7 Å². The molecule has 0 saturated carbocycles. The summed E-state index contributed by atoms with van der Waals surface area (Å²) in [6.07, 6.45) is 2.51. The molecule has 1 unspecified atom stereocenters. The van der Waals surface area contributed by atoms with Crippen LogP contribution in [-0.2, 0) is 6.54 Å². The number of aliphatic hydroxyl groups is 1. The van der Waals surface area contributed by atoms with Crippen LogP contribution in [0.3, 0.4) is 0 Å². The number of halogens is 1. The quantitative estimate of drug-likeness (QED) is 0.780. The van der Waals surface area contributed by atoms with E-state index in [9.17, 15) is 5.11 Å². The van der Waals surface area contributed by atoms with Gasteiger partial charge < -0.3 is 5.11 Å². The molecule has 0 spiro atoms. The van der Waals surface area contributed by atoms with E-state index in [2.05, 4.69) is 9.88 Å². The van der Waals surface area contributed by atoms with Crippen molar-refractivity contribution in [2.75, 3.05) is 13.1 Å². The topological polar surface area (TPSA) is 36.4 Å². The van der Waals surface area contributed by atoms with Gasteiger partial charge in [-0.1, -0.05) is 17.7 Å². The smallest absolute Gasteiger partial charge is 0.133 e. The van der Waals surface area contributed by atoms with E-state index in [4.69, 9.17) is 11.6 Å². The summed E-state index contributed by atoms with van der Waals surface area (Å²) in [4.78, 5) is 6.23. The zero-order valence-corrected chi connectivity index (χ0v) is 9.54. The fourth-order valence-corrected chi connectivity index (χ4v) is 2.13. The van der Waals surface area contributed by atoms with E-state index < -0.39 is 5.60 Å². The molecule has 3 nitrogen and oxygen atoms in total. The standard InChI is InChI=1S/C11H15ClN2O/c1-11(15)4-6-14(8-11)7-9-3-2-5-13-10(9)12/h2-3,5,15H,4,6-8H2,1H3. The van der Waals surface area contributed by atoms with Crippen molar-refractivity contribution in [2.24, 2.45) is 0 Å². The van der Waals surface area contributed by atoms with Gasteiger partial charge in [0.15, 0.2) is 0 Å². The minimum Gasteiger partial charge on any atom is -0.389 e. The highest BCUT2D eigenvalue weighted by Crippen LogP contribution is 2.23. The molecule has 1 aliphatic heterocycles. The Morgan fingerprint density at radius 3 is 3.07 bits per heavy atom. The molecule has 1 fully saturated rings. The first kappa shape index (κ1) is 10.9. The van der Waals surface area contributed by atoms with Crippen molar-refractivity contribution in [1.29, 1.82) is 0 Å². The van der Waals surface area contributed by atoms with Crippen LogP contribution in [0, 0.1) is 0 Å². The molecule has 2 rings (SSSR count). The number of β-amino-alcohol motifs (C(OH)–C–C–N with tert-alkyl or cyclic N) is 1. The fraction of sp³-hybridized carbons (Fsp3) is 0.545. The van der Waals surface area contributed by atoms with Gasteiger partial charge in [0.1, 0.15) is 5.15 Å². The SMILES string of the molecule is CC1(O)CCN(Cc2cccnc2Cl)C1. The van der Waals surface area contributed by atoms with Crippen LogP contribution in [0.25, 0.3) is 0 Å². The maximum absolute atomic E-state index is 9.82. The highest BCUT2D eigenvalue weighted by atomic mass is 35.5. The van der Waals surface area contributed by atoms with Crippen molar-refractivity contribution in [2.45, 2.75) is 25.5 Å². The second-order valence-electron chi connectivity index (χ2n) is 4.41. The van der Waals surface area contributed by atoms with E-state index in [1.54, 1.807) is 6.20 Å². The normalized spacial score (nSPS) is 27.1. The molecule has 1 aromatic heterocycles. The van der Waals surface area contributed by atoms with Gasteiger partial charge >= 0.3 is 0 Å². The number of nitrogens with zero attached hydrogens (tertiary/aromatic N) is 2. The summed E-state index contributed by atoms with van der Waals surface area (Å²) in [6, 6.07) is 3.86. The van der Waals surface area contributed by atoms with Crippen LogP contribution in [0.15, 0.2) is 18.3 Å². The van der Waals surface area contributed by atoms with Gasteiger partial charge in [0.05, 0.1) is 5.60 Å². The predicted octanol–water partition coefficient (Wildman–Crippen LogP) is 1.69. The highest BCUT2D eigenvalue weighted by molar-refractivity contribution is 6.30. The summed E-state index contributed by atoms with van der Waals surface area (Å²) in [5.74, 6) is 0. The molecule has 1 saturated heterocycles. The molecular weight excluding hydrogens is 212 g/mol. The van der Waals surface area contributed by atoms with Gasteiger partial charge in [-0.05, 0) is 19.4 Å². The number of pyridine rings is 1. The first-order valence-corrected chi connectivity index (χ1v) is 5.49. The Kier molecular flexibility index (Phi) is 2.96. The Balaban J connectivity index is 2.02. The van der Waals surface area contributed by atoms with Gasteiger partial charge in [0, 0.05) is 31.4 Å². The Hall–Kier alpha value is -0.640. The van der Waals surface area contributed by atoms with Crippen LogP contribution < -0.4 is 0 Å². The first-order valence-electron chi connectivity index (χ1n) is 5.11. The molecule has 2 heterocycles. The number of likely N-dealkylation sites (tertiary alicyclic amines) is 1. The molecule has 1 N–H and O–H groups in total. The van der Waals surface area contributed by atoms with Gasteiger partial charge in [-0.25, -0.2) is 4.98 Å². The molecule has 0 bridgehead atoms. The Morgan fingerprint density at radius 1 is 1.67 bits per heavy atom. The second-order valence-corrected chi connectivity index (χ2v) is 4.77. The van der Waals surface area contributed by atoms with Crippen LogP contribution in [0.1, 0.15) is 18.9 Å². The third-order valence-electron chi connectivity index (χ3n) is 2.76. The lowest BCUT2D eigenvalue weighted by Crippen LogP contribution is -2.29. The van der Waals surface area contributed by atoms with Crippen molar-refractivity contribution in [3.63, 3.8) is 0 Å². The Morgan fingerprint density at radius 2 is 2.47 bits per heavy atom. The van der Waals surface area contributed by atoms with Gasteiger partial charge in [0.25, 0.3) is 0 Å². The van der Waals surface area contributed by atoms with Crippen LogP contribution >= 0.6 is 11.6 Å². The molecule has 0 radical (unpaired) electrons. The molecule has 1 atom stereocenters. The van der Waals surface area contributed by atoms with Crippen molar-refractivity contribution < 1.29 is 5.11 Å². The monoisotopic (exact) mass is 226 g/mol. The van der Waals surface area contributed by atoms with E-state index in [0.717, 1.165) is 25.1 Å². The average molecular weight is 227 g/mol. The van der Waals surface area contributed by atoms with Crippen molar-refractivity contribution in [1.82, 2.24) is 9.88 Å². The van der Waals surface area contributed by atoms with E-state index >= 15 is 0 Å². The lowest BCUT2D eigenvalue weighted by atomic mass is 10.1. The molecule has 1 aromatic rings. The van der Waals surface area contributed by atoms with Crippen molar-refractivity contribution in [3.8, 4) is 0 Å². The third kappa shape index (κ3) is 2.68. The number of rotatable bonds is 2. The van der Waals surface area contributed by atoms with Gasteiger partial charge in [0.2, 0.25) is 0 Å². The van der Waals surface area contributed by atoms with E-state index in [-0.39, 0.29) is 0 Å². The first-order chi connectivity index (χ1) is 7.07. The molecule has 0 amide bonds. The predicted molar refractivity (Wildman–Crippen MR) is 59.8 cm³/mol. The summed E-state index contributed by atoms with van der Waals surface area (Å²) in [5, 5.41) is 10.4. The van der Waals surface area contributed by atoms with Gasteiger partial charge in [-0.15, -0.1) is 0 Å². The Bertz CT molecular complexity index is 354. The van der Waals surface area contributed by atoms with Crippen LogP contribution in [0.2, 0.25) is 5.15 Å². The maximum atomic E-state index is 9.82. The molecule has 0 aromatic carbocycles. The summed E-state index contributed by atoms with van der Waals surface area (Å²) < 4.78 is 0. The molecular formula is C11H15ClN2O. The maximum Gasteiger partial charge on any atom is 0.133 e. The highest BCUT2D eigenvalue weighted by Gasteiger charge is 2.31. The zero-order chi connectivity index (χ0) is 10.9. The second kappa shape index (κ2) is 4.08. The van der Waals surface area contributed by atoms with Crippen LogP contribution in [0.4, 0.5) is 0 Å². The van der Waals surface area contributed by atoms with Gasteiger partial charge in [-0.2, -0.15) is 0 Å². The molecule has 82 valence electrons. The minimum absolute atomic E-state index is 0.547. The summed E-state index contributed by atoms with van der Waals surface area (Å²) in [5.41, 5.74) is 0.478. The molecule has 0 aliphatic carbocycles. The molecule has 15 heavy (non-hydrogen) atoms. The summed E-state index contributed by atoms with van der Waals surface area (Å²) in [7, 11) is 0. The minimum atomic E-state index is -0.547. The molecule has 1 aliphatic rings.